The summed E-state index contributed by atoms with van der Waals surface area (Å²) >= 11 is 0. The highest BCUT2D eigenvalue weighted by Gasteiger charge is 1.96. The van der Waals surface area contributed by atoms with Crippen molar-refractivity contribution < 1.29 is 17.3 Å². The largest absolute Gasteiger partial charge is 1.00 e. The molecule has 1 nitrogen and oxygen atoms in total. The summed E-state index contributed by atoms with van der Waals surface area (Å²) in [6.07, 6.45) is 21.5. The van der Waals surface area contributed by atoms with Gasteiger partial charge in [0.1, 0.15) is 0 Å². The lowest BCUT2D eigenvalue weighted by Gasteiger charge is -2.06. The summed E-state index contributed by atoms with van der Waals surface area (Å²) in [6.45, 7) is 1.34. The first-order valence-electron chi connectivity index (χ1n) is 11.1. The zero-order chi connectivity index (χ0) is 18.0. The van der Waals surface area contributed by atoms with Gasteiger partial charge in [0, 0.05) is 0 Å². The van der Waals surface area contributed by atoms with E-state index in [4.69, 9.17) is 0 Å². The first-order chi connectivity index (χ1) is 12.3. The second-order valence-corrected chi connectivity index (χ2v) is 8.14. The summed E-state index contributed by atoms with van der Waals surface area (Å²) in [7, 11) is 4.51. The normalized spacial score (nSPS) is 10.9. The molecule has 2 heteroatoms. The Morgan fingerprint density at radius 3 is 1.35 bits per heavy atom. The maximum atomic E-state index is 2.25. The molecule has 0 unspecified atom stereocenters. The Bertz CT molecular complexity index is 377. The van der Waals surface area contributed by atoms with E-state index in [0.717, 1.165) is 0 Å². The van der Waals surface area contributed by atoms with Gasteiger partial charge in [-0.1, -0.05) is 101 Å². The van der Waals surface area contributed by atoms with E-state index < -0.39 is 0 Å². The summed E-state index contributed by atoms with van der Waals surface area (Å²) < 4.78 is 0. The highest BCUT2D eigenvalue weighted by atomic mass is 35.5. The number of hydrogen-bond donors (Lipinski definition) is 1. The summed E-state index contributed by atoms with van der Waals surface area (Å²) in [5, 5.41) is 0. The smallest absolute Gasteiger partial charge is 0.0766 e. The van der Waals surface area contributed by atoms with Gasteiger partial charge in [0.05, 0.1) is 20.6 Å². The zero-order valence-electron chi connectivity index (χ0n) is 17.6. The van der Waals surface area contributed by atoms with Gasteiger partial charge >= 0.3 is 0 Å². The number of quaternary nitrogens is 1. The predicted octanol–water partition coefficient (Wildman–Crippen LogP) is 2.84. The Balaban J connectivity index is 0.00000625. The van der Waals surface area contributed by atoms with Gasteiger partial charge < -0.3 is 17.3 Å². The minimum atomic E-state index is 0. The van der Waals surface area contributed by atoms with Crippen molar-refractivity contribution in [3.8, 4) is 0 Å². The molecule has 0 aliphatic heterocycles. The fourth-order valence-corrected chi connectivity index (χ4v) is 3.57. The molecule has 0 saturated carbocycles. The topological polar surface area (TPSA) is 4.44 Å². The van der Waals surface area contributed by atoms with Gasteiger partial charge in [-0.25, -0.2) is 0 Å². The fourth-order valence-electron chi connectivity index (χ4n) is 3.57. The molecule has 0 amide bonds. The van der Waals surface area contributed by atoms with E-state index in [1.807, 2.05) is 0 Å². The van der Waals surface area contributed by atoms with Crippen molar-refractivity contribution in [1.82, 2.24) is 0 Å². The molecule has 1 N–H and O–H groups in total. The molecule has 0 aliphatic rings. The van der Waals surface area contributed by atoms with Crippen molar-refractivity contribution in [1.29, 1.82) is 0 Å². The molecule has 26 heavy (non-hydrogen) atoms. The van der Waals surface area contributed by atoms with Crippen LogP contribution in [0.2, 0.25) is 0 Å². The Labute approximate surface area is 170 Å². The molecular weight excluding hydrogens is 338 g/mol. The van der Waals surface area contributed by atoms with Crippen molar-refractivity contribution >= 4 is 0 Å². The van der Waals surface area contributed by atoms with Crippen LogP contribution in [0.15, 0.2) is 30.3 Å². The van der Waals surface area contributed by atoms with Gasteiger partial charge in [-0.2, -0.15) is 0 Å². The number of halogens is 1. The third-order valence-corrected chi connectivity index (χ3v) is 5.24. The van der Waals surface area contributed by atoms with Crippen molar-refractivity contribution in [2.45, 2.75) is 96.3 Å². The van der Waals surface area contributed by atoms with Crippen LogP contribution < -0.4 is 17.3 Å². The SMILES string of the molecule is C[NH+](C)CCCCCCCCCCCCCCCCc1ccccc1.[Cl-]. The van der Waals surface area contributed by atoms with Gasteiger partial charge in [0.15, 0.2) is 0 Å². The van der Waals surface area contributed by atoms with Gasteiger partial charge in [-0.3, -0.25) is 0 Å². The highest BCUT2D eigenvalue weighted by Crippen LogP contribution is 2.13. The van der Waals surface area contributed by atoms with Crippen molar-refractivity contribution in [2.24, 2.45) is 0 Å². The fraction of sp³-hybridized carbons (Fsp3) is 0.750. The van der Waals surface area contributed by atoms with Gasteiger partial charge in [-0.05, 0) is 31.2 Å². The van der Waals surface area contributed by atoms with Crippen LogP contribution in [0.1, 0.15) is 95.5 Å². The first kappa shape index (κ1) is 25.5. The lowest BCUT2D eigenvalue weighted by atomic mass is 10.0. The molecule has 0 radical (unpaired) electrons. The van der Waals surface area contributed by atoms with Crippen LogP contribution in [0.3, 0.4) is 0 Å². The van der Waals surface area contributed by atoms with Crippen LogP contribution in [-0.4, -0.2) is 20.6 Å². The summed E-state index contributed by atoms with van der Waals surface area (Å²) in [5.41, 5.74) is 1.50. The molecule has 0 bridgehead atoms. The third-order valence-electron chi connectivity index (χ3n) is 5.24. The quantitative estimate of drug-likeness (QED) is 0.396. The molecule has 1 rings (SSSR count). The van der Waals surface area contributed by atoms with Crippen LogP contribution in [-0.2, 0) is 6.42 Å². The average Bonchev–Trinajstić information content (AvgIpc) is 2.62. The minimum absolute atomic E-state index is 0. The molecule has 1 aromatic rings. The Kier molecular flexibility index (Phi) is 18.8. The average molecular weight is 382 g/mol. The van der Waals surface area contributed by atoms with E-state index >= 15 is 0 Å². The summed E-state index contributed by atoms with van der Waals surface area (Å²) in [4.78, 5) is 1.59. The summed E-state index contributed by atoms with van der Waals surface area (Å²) in [6, 6.07) is 10.9. The Hall–Kier alpha value is -0.530. The maximum Gasteiger partial charge on any atom is 0.0766 e. The molecule has 0 spiro atoms. The second-order valence-electron chi connectivity index (χ2n) is 8.14. The number of aryl methyl sites for hydroxylation is 1. The lowest BCUT2D eigenvalue weighted by molar-refractivity contribution is -0.858. The number of unbranched alkanes of at least 4 members (excludes halogenated alkanes) is 13. The summed E-state index contributed by atoms with van der Waals surface area (Å²) in [5.74, 6) is 0. The molecule has 0 heterocycles. The van der Waals surface area contributed by atoms with Crippen molar-refractivity contribution in [3.05, 3.63) is 35.9 Å². The van der Waals surface area contributed by atoms with E-state index in [9.17, 15) is 0 Å². The Morgan fingerprint density at radius 2 is 0.923 bits per heavy atom. The predicted molar refractivity (Wildman–Crippen MR) is 112 cm³/mol. The van der Waals surface area contributed by atoms with Crippen LogP contribution in [0.4, 0.5) is 0 Å². The van der Waals surface area contributed by atoms with E-state index in [1.54, 1.807) is 4.90 Å². The standard InChI is InChI=1S/C24H43N.ClH/c1-25(2)23-19-14-12-10-8-6-4-3-5-7-9-11-13-16-20-24-21-17-15-18-22-24;/h15,17-18,21-22H,3-14,16,19-20,23H2,1-2H3;1H. The first-order valence-corrected chi connectivity index (χ1v) is 11.1. The number of benzene rings is 1. The van der Waals surface area contributed by atoms with Crippen LogP contribution in [0, 0.1) is 0 Å². The van der Waals surface area contributed by atoms with E-state index in [0.29, 0.717) is 0 Å². The zero-order valence-corrected chi connectivity index (χ0v) is 18.3. The molecule has 0 fully saturated rings. The Morgan fingerprint density at radius 1 is 0.538 bits per heavy atom. The minimum Gasteiger partial charge on any atom is -1.00 e. The maximum absolute atomic E-state index is 2.25. The highest BCUT2D eigenvalue weighted by molar-refractivity contribution is 5.14. The van der Waals surface area contributed by atoms with Crippen LogP contribution >= 0.6 is 0 Å². The van der Waals surface area contributed by atoms with E-state index in [1.165, 1.54) is 108 Å². The van der Waals surface area contributed by atoms with Crippen LogP contribution in [0.5, 0.6) is 0 Å². The monoisotopic (exact) mass is 381 g/mol. The van der Waals surface area contributed by atoms with Gasteiger partial charge in [0.2, 0.25) is 0 Å². The van der Waals surface area contributed by atoms with E-state index in [-0.39, 0.29) is 12.4 Å². The number of rotatable bonds is 17. The lowest BCUT2D eigenvalue weighted by Crippen LogP contribution is -3.05. The molecule has 0 saturated heterocycles. The molecular formula is C24H44ClN. The second kappa shape index (κ2) is 19.2. The molecule has 1 aromatic carbocycles. The number of hydrogen-bond acceptors (Lipinski definition) is 0. The van der Waals surface area contributed by atoms with Crippen LogP contribution in [0.25, 0.3) is 0 Å². The van der Waals surface area contributed by atoms with Gasteiger partial charge in [0.25, 0.3) is 0 Å². The van der Waals surface area contributed by atoms with Crippen molar-refractivity contribution in [2.75, 3.05) is 20.6 Å². The van der Waals surface area contributed by atoms with E-state index in [2.05, 4.69) is 44.4 Å². The van der Waals surface area contributed by atoms with Gasteiger partial charge in [-0.15, -0.1) is 0 Å². The molecule has 0 atom stereocenters. The molecule has 152 valence electrons. The molecule has 0 aromatic heterocycles. The third kappa shape index (κ3) is 16.9. The van der Waals surface area contributed by atoms with Crippen molar-refractivity contribution in [3.63, 3.8) is 0 Å². The number of nitrogens with one attached hydrogen (secondary N) is 1. The molecule has 0 aliphatic carbocycles.